The number of aromatic nitrogens is 1. The van der Waals surface area contributed by atoms with Crippen molar-refractivity contribution in [3.63, 3.8) is 0 Å². The topological polar surface area (TPSA) is 51.2 Å². The summed E-state index contributed by atoms with van der Waals surface area (Å²) in [5.41, 5.74) is 0.217. The van der Waals surface area contributed by atoms with Gasteiger partial charge in [0, 0.05) is 5.38 Å². The Balaban J connectivity index is 2.09. The van der Waals surface area contributed by atoms with Crippen LogP contribution in [-0.4, -0.2) is 17.6 Å². The molecule has 0 fully saturated rings. The Kier molecular flexibility index (Phi) is 4.79. The molecule has 21 heavy (non-hydrogen) atoms. The number of thiazole rings is 1. The van der Waals surface area contributed by atoms with Gasteiger partial charge in [0.15, 0.2) is 22.6 Å². The zero-order valence-corrected chi connectivity index (χ0v) is 11.8. The average molecular weight is 316 g/mol. The molecule has 0 bridgehead atoms. The number of carbonyl (C=O) groups is 1. The van der Waals surface area contributed by atoms with Crippen molar-refractivity contribution in [2.24, 2.45) is 0 Å². The second-order valence-electron chi connectivity index (χ2n) is 3.97. The summed E-state index contributed by atoms with van der Waals surface area (Å²) in [4.78, 5) is 15.3. The Bertz CT molecular complexity index is 661. The summed E-state index contributed by atoms with van der Waals surface area (Å²) < 4.78 is 44.2. The molecule has 0 unspecified atom stereocenters. The van der Waals surface area contributed by atoms with E-state index in [1.165, 1.54) is 0 Å². The molecule has 8 heteroatoms. The van der Waals surface area contributed by atoms with E-state index < -0.39 is 23.4 Å². The summed E-state index contributed by atoms with van der Waals surface area (Å²) in [6.07, 6.45) is -0.00766. The van der Waals surface area contributed by atoms with Crippen LogP contribution in [0, 0.1) is 17.5 Å². The van der Waals surface area contributed by atoms with Crippen LogP contribution in [0.1, 0.15) is 12.6 Å². The molecule has 0 aliphatic carbocycles. The highest BCUT2D eigenvalue weighted by Gasteiger charge is 2.15. The second-order valence-corrected chi connectivity index (χ2v) is 4.83. The zero-order chi connectivity index (χ0) is 15.4. The number of anilines is 2. The van der Waals surface area contributed by atoms with Crippen LogP contribution < -0.4 is 5.32 Å². The zero-order valence-electron chi connectivity index (χ0n) is 11.0. The van der Waals surface area contributed by atoms with Crippen LogP contribution >= 0.6 is 11.3 Å². The molecule has 0 aliphatic heterocycles. The molecule has 0 spiro atoms. The third-order valence-corrected chi connectivity index (χ3v) is 3.27. The van der Waals surface area contributed by atoms with Gasteiger partial charge in [0.05, 0.1) is 24.4 Å². The van der Waals surface area contributed by atoms with Crippen molar-refractivity contribution in [2.75, 3.05) is 11.9 Å². The normalized spacial score (nSPS) is 10.5. The largest absolute Gasteiger partial charge is 0.466 e. The van der Waals surface area contributed by atoms with E-state index in [0.29, 0.717) is 5.69 Å². The molecule has 0 amide bonds. The summed E-state index contributed by atoms with van der Waals surface area (Å²) in [5, 5.41) is 4.40. The fourth-order valence-electron chi connectivity index (χ4n) is 1.54. The highest BCUT2D eigenvalue weighted by atomic mass is 32.1. The van der Waals surface area contributed by atoms with Crippen molar-refractivity contribution in [3.05, 3.63) is 40.7 Å². The molecule has 2 aromatic rings. The fraction of sp³-hybridized carbons (Fsp3) is 0.231. The van der Waals surface area contributed by atoms with Gasteiger partial charge in [-0.25, -0.2) is 18.2 Å². The van der Waals surface area contributed by atoms with E-state index in [1.807, 2.05) is 0 Å². The molecule has 0 saturated heterocycles. The van der Waals surface area contributed by atoms with E-state index in [0.717, 1.165) is 23.5 Å². The molecule has 1 N–H and O–H groups in total. The van der Waals surface area contributed by atoms with Crippen molar-refractivity contribution < 1.29 is 22.7 Å². The lowest BCUT2D eigenvalue weighted by Gasteiger charge is -2.05. The highest BCUT2D eigenvalue weighted by molar-refractivity contribution is 7.13. The summed E-state index contributed by atoms with van der Waals surface area (Å²) in [6, 6.07) is 1.88. The number of rotatable bonds is 5. The lowest BCUT2D eigenvalue weighted by atomic mass is 10.3. The van der Waals surface area contributed by atoms with E-state index >= 15 is 0 Å². The SMILES string of the molecule is CCOC(=O)Cc1csc(Nc2ccc(F)c(F)c2F)n1. The lowest BCUT2D eigenvalue weighted by molar-refractivity contribution is -0.142. The molecule has 0 aliphatic rings. The van der Waals surface area contributed by atoms with Crippen LogP contribution in [0.5, 0.6) is 0 Å². The Morgan fingerprint density at radius 3 is 2.81 bits per heavy atom. The van der Waals surface area contributed by atoms with Crippen molar-refractivity contribution in [2.45, 2.75) is 13.3 Å². The Hall–Kier alpha value is -2.09. The maximum Gasteiger partial charge on any atom is 0.311 e. The Labute approximate surface area is 122 Å². The summed E-state index contributed by atoms with van der Waals surface area (Å²) in [6.45, 7) is 1.96. The molecular weight excluding hydrogens is 305 g/mol. The summed E-state index contributed by atoms with van der Waals surface area (Å²) in [5.74, 6) is -4.56. The number of benzene rings is 1. The summed E-state index contributed by atoms with van der Waals surface area (Å²) in [7, 11) is 0. The number of nitrogens with one attached hydrogen (secondary N) is 1. The van der Waals surface area contributed by atoms with E-state index in [2.05, 4.69) is 10.3 Å². The first-order chi connectivity index (χ1) is 10.0. The van der Waals surface area contributed by atoms with Gasteiger partial charge in [0.1, 0.15) is 0 Å². The van der Waals surface area contributed by atoms with E-state index in [4.69, 9.17) is 4.74 Å². The number of nitrogens with zero attached hydrogens (tertiary/aromatic N) is 1. The molecule has 4 nitrogen and oxygen atoms in total. The van der Waals surface area contributed by atoms with Crippen LogP contribution in [0.15, 0.2) is 17.5 Å². The second kappa shape index (κ2) is 6.57. The number of carbonyl (C=O) groups excluding carboxylic acids is 1. The molecular formula is C13H11F3N2O2S. The lowest BCUT2D eigenvalue weighted by Crippen LogP contribution is -2.07. The molecule has 0 saturated carbocycles. The van der Waals surface area contributed by atoms with E-state index in [9.17, 15) is 18.0 Å². The highest BCUT2D eigenvalue weighted by Crippen LogP contribution is 2.25. The van der Waals surface area contributed by atoms with E-state index in [-0.39, 0.29) is 23.8 Å². The minimum atomic E-state index is -1.55. The maximum atomic E-state index is 13.5. The minimum Gasteiger partial charge on any atom is -0.466 e. The van der Waals surface area contributed by atoms with Gasteiger partial charge in [0.25, 0.3) is 0 Å². The Morgan fingerprint density at radius 1 is 1.33 bits per heavy atom. The monoisotopic (exact) mass is 316 g/mol. The van der Waals surface area contributed by atoms with Crippen molar-refractivity contribution in [1.29, 1.82) is 0 Å². The smallest absolute Gasteiger partial charge is 0.311 e. The fourth-order valence-corrected chi connectivity index (χ4v) is 2.27. The van der Waals surface area contributed by atoms with Crippen molar-refractivity contribution in [3.8, 4) is 0 Å². The average Bonchev–Trinajstić information content (AvgIpc) is 2.87. The quantitative estimate of drug-likeness (QED) is 0.678. The number of hydrogen-bond donors (Lipinski definition) is 1. The first kappa shape index (κ1) is 15.3. The molecule has 1 aromatic carbocycles. The van der Waals surface area contributed by atoms with Gasteiger partial charge in [-0.3, -0.25) is 4.79 Å². The third-order valence-electron chi connectivity index (χ3n) is 2.46. The first-order valence-electron chi connectivity index (χ1n) is 6.01. The van der Waals surface area contributed by atoms with Gasteiger partial charge in [-0.15, -0.1) is 11.3 Å². The van der Waals surface area contributed by atoms with Gasteiger partial charge in [-0.2, -0.15) is 0 Å². The molecule has 1 aromatic heterocycles. The number of hydrogen-bond acceptors (Lipinski definition) is 5. The molecule has 0 radical (unpaired) electrons. The third kappa shape index (κ3) is 3.72. The van der Waals surface area contributed by atoms with Gasteiger partial charge >= 0.3 is 5.97 Å². The predicted molar refractivity (Wildman–Crippen MR) is 72.0 cm³/mol. The van der Waals surface area contributed by atoms with Gasteiger partial charge in [-0.1, -0.05) is 0 Å². The van der Waals surface area contributed by atoms with Crippen molar-refractivity contribution >= 4 is 28.1 Å². The number of halogens is 3. The number of esters is 1. The van der Waals surface area contributed by atoms with Crippen molar-refractivity contribution in [1.82, 2.24) is 4.98 Å². The van der Waals surface area contributed by atoms with Gasteiger partial charge in [-0.05, 0) is 19.1 Å². The van der Waals surface area contributed by atoms with Crippen LogP contribution in [0.25, 0.3) is 0 Å². The van der Waals surface area contributed by atoms with Crippen LogP contribution in [0.2, 0.25) is 0 Å². The van der Waals surface area contributed by atoms with Crippen LogP contribution in [-0.2, 0) is 16.0 Å². The summed E-state index contributed by atoms with van der Waals surface area (Å²) >= 11 is 1.11. The minimum absolute atomic E-state index is 0.00766. The van der Waals surface area contributed by atoms with Gasteiger partial charge < -0.3 is 10.1 Å². The standard InChI is InChI=1S/C13H11F3N2O2S/c1-2-20-10(19)5-7-6-21-13(17-7)18-9-4-3-8(14)11(15)12(9)16/h3-4,6H,2,5H2,1H3,(H,17,18). The predicted octanol–water partition coefficient (Wildman–Crippen LogP) is 3.41. The number of ether oxygens (including phenoxy) is 1. The Morgan fingerprint density at radius 2 is 2.10 bits per heavy atom. The molecule has 0 atom stereocenters. The van der Waals surface area contributed by atoms with E-state index in [1.54, 1.807) is 12.3 Å². The molecule has 112 valence electrons. The van der Waals surface area contributed by atoms with Crippen LogP contribution in [0.3, 0.4) is 0 Å². The molecule has 2 rings (SSSR count). The molecule has 1 heterocycles. The van der Waals surface area contributed by atoms with Gasteiger partial charge in [0.2, 0.25) is 0 Å². The van der Waals surface area contributed by atoms with Crippen LogP contribution in [0.4, 0.5) is 24.0 Å². The first-order valence-corrected chi connectivity index (χ1v) is 6.89. The maximum absolute atomic E-state index is 13.5.